The van der Waals surface area contributed by atoms with Crippen molar-refractivity contribution >= 4 is 5.91 Å². The van der Waals surface area contributed by atoms with Crippen LogP contribution < -0.4 is 5.32 Å². The molecule has 1 atom stereocenters. The molecule has 1 heterocycles. The lowest BCUT2D eigenvalue weighted by Crippen LogP contribution is -2.33. The topological polar surface area (TPSA) is 68.0 Å². The summed E-state index contributed by atoms with van der Waals surface area (Å²) in [7, 11) is 0. The summed E-state index contributed by atoms with van der Waals surface area (Å²) >= 11 is 0. The molecule has 1 aliphatic carbocycles. The molecule has 5 nitrogen and oxygen atoms in total. The molecular formula is C20H26FN3O2. The number of hydrogen-bond acceptors (Lipinski definition) is 4. The lowest BCUT2D eigenvalue weighted by Gasteiger charge is -2.27. The predicted molar refractivity (Wildman–Crippen MR) is 97.5 cm³/mol. The number of carbonyl (C=O) groups excluding carboxylic acids is 1. The Hall–Kier alpha value is -2.24. The smallest absolute Gasteiger partial charge is 0.257 e. The second-order valence-electron chi connectivity index (χ2n) is 7.67. The monoisotopic (exact) mass is 359 g/mol. The molecule has 2 aromatic rings. The molecule has 6 heteroatoms. The Morgan fingerprint density at radius 3 is 2.77 bits per heavy atom. The van der Waals surface area contributed by atoms with Crippen LogP contribution in [0.1, 0.15) is 55.7 Å². The first kappa shape index (κ1) is 18.5. The molecule has 140 valence electrons. The van der Waals surface area contributed by atoms with Gasteiger partial charge in [-0.25, -0.2) is 0 Å². The Bertz CT molecular complexity index is 740. The summed E-state index contributed by atoms with van der Waals surface area (Å²) in [6.45, 7) is 4.87. The van der Waals surface area contributed by atoms with E-state index >= 15 is 0 Å². The molecule has 0 radical (unpaired) electrons. The van der Waals surface area contributed by atoms with Gasteiger partial charge in [-0.05, 0) is 54.9 Å². The van der Waals surface area contributed by atoms with Crippen LogP contribution in [0.2, 0.25) is 0 Å². The zero-order chi connectivity index (χ0) is 18.6. The average molecular weight is 359 g/mol. The number of carbonyl (C=O) groups is 1. The van der Waals surface area contributed by atoms with Gasteiger partial charge in [0.25, 0.3) is 11.8 Å². The summed E-state index contributed by atoms with van der Waals surface area (Å²) in [5, 5.41) is 6.90. The van der Waals surface area contributed by atoms with E-state index in [9.17, 15) is 9.18 Å². The highest BCUT2D eigenvalue weighted by molar-refractivity contribution is 5.94. The van der Waals surface area contributed by atoms with Crippen molar-refractivity contribution in [2.75, 3.05) is 13.2 Å². The minimum Gasteiger partial charge on any atom is -0.352 e. The fourth-order valence-corrected chi connectivity index (χ4v) is 3.56. The van der Waals surface area contributed by atoms with E-state index in [1.807, 2.05) is 0 Å². The van der Waals surface area contributed by atoms with Gasteiger partial charge in [0.15, 0.2) is 5.82 Å². The van der Waals surface area contributed by atoms with Crippen LogP contribution in [0.4, 0.5) is 4.39 Å². The minimum absolute atomic E-state index is 0.0617. The van der Waals surface area contributed by atoms with Gasteiger partial charge in [0.05, 0.1) is 6.67 Å². The number of alkyl halides is 1. The maximum Gasteiger partial charge on any atom is 0.257 e. The molecule has 1 aliphatic rings. The van der Waals surface area contributed by atoms with Crippen molar-refractivity contribution in [3.63, 3.8) is 0 Å². The van der Waals surface area contributed by atoms with Crippen LogP contribution in [0.5, 0.6) is 0 Å². The number of aromatic nitrogens is 2. The van der Waals surface area contributed by atoms with E-state index in [1.165, 1.54) is 19.3 Å². The number of benzene rings is 1. The molecule has 0 saturated heterocycles. The largest absolute Gasteiger partial charge is 0.352 e. The molecule has 0 spiro atoms. The zero-order valence-corrected chi connectivity index (χ0v) is 15.4. The number of aryl methyl sites for hydroxylation is 1. The van der Waals surface area contributed by atoms with Crippen LogP contribution in [0.3, 0.4) is 0 Å². The summed E-state index contributed by atoms with van der Waals surface area (Å²) in [4.78, 5) is 16.6. The summed E-state index contributed by atoms with van der Waals surface area (Å²) in [5.74, 6) is 1.36. The van der Waals surface area contributed by atoms with Crippen LogP contribution in [-0.4, -0.2) is 29.3 Å². The van der Waals surface area contributed by atoms with E-state index in [-0.39, 0.29) is 5.91 Å². The molecule has 26 heavy (non-hydrogen) atoms. The number of nitrogens with one attached hydrogen (secondary N) is 1. The first-order valence-electron chi connectivity index (χ1n) is 9.27. The fraction of sp³-hybridized carbons (Fsp3) is 0.550. The van der Waals surface area contributed by atoms with Crippen LogP contribution >= 0.6 is 0 Å². The Balaban J connectivity index is 1.58. The van der Waals surface area contributed by atoms with Crippen molar-refractivity contribution in [2.24, 2.45) is 11.3 Å². The third-order valence-electron chi connectivity index (χ3n) is 5.38. The number of amides is 1. The predicted octanol–water partition coefficient (Wildman–Crippen LogP) is 4.19. The molecule has 1 unspecified atom stereocenters. The zero-order valence-electron chi connectivity index (χ0n) is 15.4. The van der Waals surface area contributed by atoms with E-state index in [0.29, 0.717) is 41.5 Å². The maximum atomic E-state index is 12.4. The maximum absolute atomic E-state index is 12.4. The van der Waals surface area contributed by atoms with E-state index in [0.717, 1.165) is 12.1 Å². The van der Waals surface area contributed by atoms with Crippen LogP contribution in [-0.2, 0) is 6.42 Å². The van der Waals surface area contributed by atoms with E-state index in [2.05, 4.69) is 29.3 Å². The van der Waals surface area contributed by atoms with Crippen molar-refractivity contribution in [3.8, 4) is 11.5 Å². The quantitative estimate of drug-likeness (QED) is 0.805. The van der Waals surface area contributed by atoms with Gasteiger partial charge < -0.3 is 9.84 Å². The summed E-state index contributed by atoms with van der Waals surface area (Å²) in [5.41, 5.74) is 1.66. The van der Waals surface area contributed by atoms with Gasteiger partial charge in [0.2, 0.25) is 0 Å². The van der Waals surface area contributed by atoms with Gasteiger partial charge in [-0.1, -0.05) is 25.4 Å². The highest BCUT2D eigenvalue weighted by Crippen LogP contribution is 2.42. The normalized spacial score (nSPS) is 18.8. The number of rotatable bonds is 7. The lowest BCUT2D eigenvalue weighted by molar-refractivity contribution is 0.0937. The summed E-state index contributed by atoms with van der Waals surface area (Å²) < 4.78 is 17.4. The van der Waals surface area contributed by atoms with Crippen LogP contribution in [0.25, 0.3) is 11.5 Å². The molecular weight excluding hydrogens is 333 g/mol. The van der Waals surface area contributed by atoms with Gasteiger partial charge in [-0.15, -0.1) is 0 Å². The van der Waals surface area contributed by atoms with Gasteiger partial charge in [0, 0.05) is 24.1 Å². The second-order valence-corrected chi connectivity index (χ2v) is 7.67. The third-order valence-corrected chi connectivity index (χ3v) is 5.38. The molecule has 1 N–H and O–H groups in total. The third kappa shape index (κ3) is 4.29. The Morgan fingerprint density at radius 2 is 2.12 bits per heavy atom. The molecule has 1 amide bonds. The van der Waals surface area contributed by atoms with Crippen molar-refractivity contribution in [1.82, 2.24) is 15.5 Å². The Kier molecular flexibility index (Phi) is 5.69. The molecule has 0 bridgehead atoms. The molecule has 0 aliphatic heterocycles. The number of halogens is 1. The van der Waals surface area contributed by atoms with E-state index in [1.54, 1.807) is 24.3 Å². The molecule has 1 aromatic carbocycles. The Morgan fingerprint density at radius 1 is 1.35 bits per heavy atom. The Labute approximate surface area is 153 Å². The van der Waals surface area contributed by atoms with Gasteiger partial charge in [0.1, 0.15) is 0 Å². The minimum atomic E-state index is -0.397. The van der Waals surface area contributed by atoms with E-state index in [4.69, 9.17) is 4.52 Å². The molecule has 1 aromatic heterocycles. The molecule has 3 rings (SSSR count). The van der Waals surface area contributed by atoms with E-state index < -0.39 is 6.67 Å². The first-order chi connectivity index (χ1) is 12.5. The van der Waals surface area contributed by atoms with Crippen molar-refractivity contribution in [2.45, 2.75) is 46.0 Å². The average Bonchev–Trinajstić information content (AvgIpc) is 3.24. The van der Waals surface area contributed by atoms with Crippen molar-refractivity contribution < 1.29 is 13.7 Å². The molecule has 1 saturated carbocycles. The fourth-order valence-electron chi connectivity index (χ4n) is 3.56. The second kappa shape index (κ2) is 7.98. The number of nitrogens with zero attached hydrogens (tertiary/aromatic N) is 2. The first-order valence-corrected chi connectivity index (χ1v) is 9.27. The summed E-state index contributed by atoms with van der Waals surface area (Å²) in [6, 6.07) is 7.10. The van der Waals surface area contributed by atoms with Gasteiger partial charge in [-0.3, -0.25) is 9.18 Å². The SMILES string of the molecule is CC1(C)CCCC1CNC(=O)c1ccc(-c2nc(CCCF)no2)cc1. The van der Waals surface area contributed by atoms with Crippen molar-refractivity contribution in [1.29, 1.82) is 0 Å². The standard InChI is InChI=1S/C20H26FN3O2/c1-20(2)11-3-5-16(20)13-22-18(25)14-7-9-15(10-8-14)19-23-17(24-26-19)6-4-12-21/h7-10,16H,3-6,11-13H2,1-2H3,(H,22,25). The summed E-state index contributed by atoms with van der Waals surface area (Å²) in [6.07, 6.45) is 4.47. The van der Waals surface area contributed by atoms with Gasteiger partial charge in [-0.2, -0.15) is 4.98 Å². The highest BCUT2D eigenvalue weighted by Gasteiger charge is 2.34. The highest BCUT2D eigenvalue weighted by atomic mass is 19.1. The van der Waals surface area contributed by atoms with Crippen LogP contribution in [0, 0.1) is 11.3 Å². The van der Waals surface area contributed by atoms with Crippen LogP contribution in [0.15, 0.2) is 28.8 Å². The van der Waals surface area contributed by atoms with Gasteiger partial charge >= 0.3 is 0 Å². The van der Waals surface area contributed by atoms with Crippen molar-refractivity contribution in [3.05, 3.63) is 35.7 Å². The lowest BCUT2D eigenvalue weighted by atomic mass is 9.82. The number of hydrogen-bond donors (Lipinski definition) is 1. The molecule has 1 fully saturated rings.